The third kappa shape index (κ3) is 7.20. The monoisotopic (exact) mass is 636 g/mol. The molecule has 0 radical (unpaired) electrons. The molecular formula is C36H48N2O2S3. The molecule has 2 aliphatic rings. The second-order valence-corrected chi connectivity index (χ2v) is 15.9. The Morgan fingerprint density at radius 3 is 1.77 bits per heavy atom. The molecule has 0 bridgehead atoms. The van der Waals surface area contributed by atoms with Gasteiger partial charge in [0.15, 0.2) is 0 Å². The molecule has 2 aliphatic heterocycles. The molecule has 2 atom stereocenters. The topological polar surface area (TPSA) is 40.6 Å². The van der Waals surface area contributed by atoms with Gasteiger partial charge in [0.2, 0.25) is 5.91 Å². The van der Waals surface area contributed by atoms with Crippen LogP contribution in [0.5, 0.6) is 0 Å². The number of carbonyl (C=O) groups excluding carboxylic acids is 2. The fraction of sp³-hybridized carbons (Fsp3) is 0.556. The maximum Gasteiger partial charge on any atom is 0.253 e. The minimum Gasteiger partial charge on any atom is -0.330 e. The number of rotatable bonds is 17. The van der Waals surface area contributed by atoms with Crippen molar-refractivity contribution in [2.45, 2.75) is 111 Å². The number of carbonyl (C=O) groups is 2. The van der Waals surface area contributed by atoms with E-state index in [0.29, 0.717) is 13.1 Å². The molecule has 2 amide bonds. The van der Waals surface area contributed by atoms with Crippen LogP contribution in [0.3, 0.4) is 0 Å². The number of hydrogen-bond acceptors (Lipinski definition) is 5. The molecule has 5 rings (SSSR count). The molecular weight excluding hydrogens is 589 g/mol. The summed E-state index contributed by atoms with van der Waals surface area (Å²) in [5.41, 5.74) is 1.64. The normalized spacial score (nSPS) is 18.5. The molecule has 3 aromatic heterocycles. The van der Waals surface area contributed by atoms with Gasteiger partial charge in [0.05, 0.1) is 28.1 Å². The van der Waals surface area contributed by atoms with Crippen molar-refractivity contribution in [3.05, 3.63) is 61.5 Å². The number of unbranched alkanes of at least 4 members (excludes halogenated alkanes) is 10. The van der Waals surface area contributed by atoms with Crippen molar-refractivity contribution in [1.29, 1.82) is 0 Å². The highest BCUT2D eigenvalue weighted by Gasteiger charge is 2.56. The van der Waals surface area contributed by atoms with E-state index >= 15 is 0 Å². The largest absolute Gasteiger partial charge is 0.330 e. The Morgan fingerprint density at radius 2 is 1.16 bits per heavy atom. The van der Waals surface area contributed by atoms with Crippen LogP contribution in [0.15, 0.2) is 42.0 Å². The third-order valence-electron chi connectivity index (χ3n) is 8.87. The number of amides is 2. The minimum absolute atomic E-state index is 0.0744. The summed E-state index contributed by atoms with van der Waals surface area (Å²) in [7, 11) is 0. The molecule has 2 unspecified atom stereocenters. The fourth-order valence-electron chi connectivity index (χ4n) is 6.61. The Kier molecular flexibility index (Phi) is 11.4. The predicted octanol–water partition coefficient (Wildman–Crippen LogP) is 10.6. The van der Waals surface area contributed by atoms with E-state index in [2.05, 4.69) is 69.0 Å². The van der Waals surface area contributed by atoms with Crippen LogP contribution in [0.4, 0.5) is 0 Å². The summed E-state index contributed by atoms with van der Waals surface area (Å²) in [6.07, 6.45) is 14.1. The quantitative estimate of drug-likeness (QED) is 0.138. The summed E-state index contributed by atoms with van der Waals surface area (Å²) in [5.74, 6) is -0.234. The van der Waals surface area contributed by atoms with E-state index in [4.69, 9.17) is 0 Å². The average molecular weight is 637 g/mol. The fourth-order valence-corrected chi connectivity index (χ4v) is 9.67. The van der Waals surface area contributed by atoms with E-state index in [1.54, 1.807) is 34.0 Å². The number of nitrogens with zero attached hydrogens (tertiary/aromatic N) is 2. The van der Waals surface area contributed by atoms with Crippen molar-refractivity contribution >= 4 is 51.5 Å². The highest BCUT2D eigenvalue weighted by molar-refractivity contribution is 7.22. The lowest BCUT2D eigenvalue weighted by atomic mass is 9.95. The first-order valence-electron chi connectivity index (χ1n) is 16.5. The lowest BCUT2D eigenvalue weighted by molar-refractivity contribution is -0.131. The number of likely N-dealkylation sites (tertiary alicyclic amines) is 1. The summed E-state index contributed by atoms with van der Waals surface area (Å²) >= 11 is 5.27. The molecule has 5 heterocycles. The number of thiophene rings is 3. The molecule has 232 valence electrons. The summed E-state index contributed by atoms with van der Waals surface area (Å²) in [6.45, 7) is 10.1. The van der Waals surface area contributed by atoms with Gasteiger partial charge in [0.25, 0.3) is 5.91 Å². The van der Waals surface area contributed by atoms with Crippen LogP contribution < -0.4 is 0 Å². The zero-order valence-corrected chi connectivity index (χ0v) is 28.9. The Bertz CT molecular complexity index is 1410. The van der Waals surface area contributed by atoms with Crippen LogP contribution in [0, 0.1) is 19.8 Å². The van der Waals surface area contributed by atoms with Crippen molar-refractivity contribution in [2.24, 2.45) is 5.92 Å². The van der Waals surface area contributed by atoms with Crippen LogP contribution in [0.25, 0.3) is 15.5 Å². The molecule has 0 N–H and O–H groups in total. The molecule has 43 heavy (non-hydrogen) atoms. The molecule has 0 spiro atoms. The highest BCUT2D eigenvalue weighted by Crippen LogP contribution is 2.53. The highest BCUT2D eigenvalue weighted by atomic mass is 32.1. The maximum atomic E-state index is 14.5. The van der Waals surface area contributed by atoms with E-state index in [-0.39, 0.29) is 17.9 Å². The minimum atomic E-state index is -0.429. The Hall–Kier alpha value is -2.22. The van der Waals surface area contributed by atoms with Crippen LogP contribution in [-0.4, -0.2) is 34.7 Å². The van der Waals surface area contributed by atoms with Crippen molar-refractivity contribution in [2.75, 3.05) is 13.1 Å². The van der Waals surface area contributed by atoms with Gasteiger partial charge in [0.1, 0.15) is 0 Å². The maximum absolute atomic E-state index is 14.5. The van der Waals surface area contributed by atoms with Crippen molar-refractivity contribution < 1.29 is 9.59 Å². The van der Waals surface area contributed by atoms with Crippen molar-refractivity contribution in [3.63, 3.8) is 0 Å². The SMILES string of the molecule is CCCCCCCCN1C(=O)C2C(=C1c1ccc(C)s1)C(=O)N(CCCCCCCC)C2c1ccc(-c2ccc(C)s2)s1. The van der Waals surface area contributed by atoms with Crippen molar-refractivity contribution in [3.8, 4) is 9.75 Å². The Morgan fingerprint density at radius 1 is 0.628 bits per heavy atom. The summed E-state index contributed by atoms with van der Waals surface area (Å²) in [5, 5.41) is 0. The van der Waals surface area contributed by atoms with Gasteiger partial charge in [-0.25, -0.2) is 0 Å². The van der Waals surface area contributed by atoms with Gasteiger partial charge >= 0.3 is 0 Å². The molecule has 4 nitrogen and oxygen atoms in total. The molecule has 3 aromatic rings. The number of fused-ring (bicyclic) bond motifs is 1. The average Bonchev–Trinajstić information content (AvgIpc) is 3.82. The molecule has 1 fully saturated rings. The first-order chi connectivity index (χ1) is 20.9. The summed E-state index contributed by atoms with van der Waals surface area (Å²) < 4.78 is 0. The predicted molar refractivity (Wildman–Crippen MR) is 185 cm³/mol. The first-order valence-corrected chi connectivity index (χ1v) is 19.0. The smallest absolute Gasteiger partial charge is 0.253 e. The molecule has 0 aliphatic carbocycles. The number of aryl methyl sites for hydroxylation is 2. The molecule has 0 saturated carbocycles. The standard InChI is InChI=1S/C36H48N2O2S3/c1-5-7-9-11-13-15-23-37-33(29-20-18-26(4)42-29)31-32(36(37)40)34(38(35(31)39)24-16-14-12-10-8-6-2)30-22-21-28(43-30)27-19-17-25(3)41-27/h17-22,32,34H,5-16,23-24H2,1-4H3. The van der Waals surface area contributed by atoms with E-state index < -0.39 is 5.92 Å². The third-order valence-corrected chi connectivity index (χ3v) is 12.2. The summed E-state index contributed by atoms with van der Waals surface area (Å²) in [6, 6.07) is 12.7. The second kappa shape index (κ2) is 15.2. The zero-order chi connectivity index (χ0) is 30.3. The van der Waals surface area contributed by atoms with E-state index in [9.17, 15) is 9.59 Å². The van der Waals surface area contributed by atoms with E-state index in [0.717, 1.165) is 46.7 Å². The second-order valence-electron chi connectivity index (χ2n) is 12.2. The van der Waals surface area contributed by atoms with Gasteiger partial charge in [-0.3, -0.25) is 9.59 Å². The Balaban J connectivity index is 1.47. The van der Waals surface area contributed by atoms with Gasteiger partial charge in [-0.15, -0.1) is 34.0 Å². The van der Waals surface area contributed by atoms with Crippen LogP contribution in [0.2, 0.25) is 0 Å². The van der Waals surface area contributed by atoms with Gasteiger partial charge < -0.3 is 9.80 Å². The molecule has 7 heteroatoms. The van der Waals surface area contributed by atoms with Gasteiger partial charge in [0, 0.05) is 37.5 Å². The zero-order valence-electron chi connectivity index (χ0n) is 26.5. The van der Waals surface area contributed by atoms with E-state index in [1.165, 1.54) is 70.9 Å². The van der Waals surface area contributed by atoms with Crippen LogP contribution in [-0.2, 0) is 9.59 Å². The lowest BCUT2D eigenvalue weighted by Gasteiger charge is -2.29. The van der Waals surface area contributed by atoms with Gasteiger partial charge in [-0.1, -0.05) is 78.1 Å². The lowest BCUT2D eigenvalue weighted by Crippen LogP contribution is -2.36. The Labute approximate surface area is 270 Å². The molecule has 1 saturated heterocycles. The summed E-state index contributed by atoms with van der Waals surface area (Å²) in [4.78, 5) is 40.1. The number of hydrogen-bond donors (Lipinski definition) is 0. The molecule has 0 aromatic carbocycles. The van der Waals surface area contributed by atoms with Crippen molar-refractivity contribution in [1.82, 2.24) is 9.80 Å². The van der Waals surface area contributed by atoms with Crippen LogP contribution >= 0.6 is 34.0 Å². The van der Waals surface area contributed by atoms with E-state index in [1.807, 2.05) is 4.90 Å². The van der Waals surface area contributed by atoms with Gasteiger partial charge in [-0.2, -0.15) is 0 Å². The first kappa shape index (κ1) is 32.2. The van der Waals surface area contributed by atoms with Gasteiger partial charge in [-0.05, 0) is 63.1 Å². The van der Waals surface area contributed by atoms with Crippen LogP contribution in [0.1, 0.15) is 116 Å².